The molecule has 1 aliphatic rings. The fourth-order valence-corrected chi connectivity index (χ4v) is 4.03. The number of hydrogen-bond donors (Lipinski definition) is 0. The van der Waals surface area contributed by atoms with Crippen molar-refractivity contribution in [1.29, 1.82) is 0 Å². The summed E-state index contributed by atoms with van der Waals surface area (Å²) in [4.78, 5) is 0. The Bertz CT molecular complexity index is 1160. The number of benzene rings is 2. The first-order valence-corrected chi connectivity index (χ1v) is 9.55. The average molecular weight is 366 g/mol. The van der Waals surface area contributed by atoms with Gasteiger partial charge in [0.25, 0.3) is 0 Å². The Labute approximate surface area is 164 Å². The second kappa shape index (κ2) is 6.06. The zero-order valence-electron chi connectivity index (χ0n) is 16.6. The third-order valence-electron chi connectivity index (χ3n) is 5.51. The van der Waals surface area contributed by atoms with Crippen LogP contribution in [0.5, 0.6) is 0 Å². The summed E-state index contributed by atoms with van der Waals surface area (Å²) in [5, 5.41) is 12.6. The maximum atomic E-state index is 5.07. The van der Waals surface area contributed by atoms with Crippen molar-refractivity contribution in [2.45, 2.75) is 27.7 Å². The Morgan fingerprint density at radius 1 is 0.536 bits per heavy atom. The highest BCUT2D eigenvalue weighted by atomic mass is 15.4. The van der Waals surface area contributed by atoms with E-state index in [0.29, 0.717) is 0 Å². The van der Waals surface area contributed by atoms with Gasteiger partial charge in [-0.1, -0.05) is 36.4 Å². The van der Waals surface area contributed by atoms with Crippen molar-refractivity contribution in [3.8, 4) is 0 Å². The van der Waals surface area contributed by atoms with Crippen molar-refractivity contribution in [2.24, 2.45) is 10.2 Å². The summed E-state index contributed by atoms with van der Waals surface area (Å²) >= 11 is 0. The summed E-state index contributed by atoms with van der Waals surface area (Å²) in [6.45, 7) is 8.32. The van der Waals surface area contributed by atoms with Crippen molar-refractivity contribution in [2.75, 3.05) is 0 Å². The molecule has 0 aliphatic heterocycles. The van der Waals surface area contributed by atoms with E-state index in [4.69, 9.17) is 10.2 Å². The lowest BCUT2D eigenvalue weighted by Gasteiger charge is -2.09. The van der Waals surface area contributed by atoms with Crippen LogP contribution in [0.3, 0.4) is 0 Å². The summed E-state index contributed by atoms with van der Waals surface area (Å²) in [7, 11) is 0. The maximum Gasteiger partial charge on any atom is 0.120 e. The van der Waals surface area contributed by atoms with Crippen LogP contribution in [0.2, 0.25) is 0 Å². The highest BCUT2D eigenvalue weighted by Gasteiger charge is 2.28. The zero-order chi connectivity index (χ0) is 19.4. The lowest BCUT2D eigenvalue weighted by molar-refractivity contribution is 0.808. The average Bonchev–Trinajstić information content (AvgIpc) is 3.29. The second-order valence-electron chi connectivity index (χ2n) is 7.46. The molecule has 0 saturated heterocycles. The van der Waals surface area contributed by atoms with Gasteiger partial charge in [-0.15, -0.1) is 0 Å². The molecule has 2 heterocycles. The van der Waals surface area contributed by atoms with E-state index in [1.165, 1.54) is 10.8 Å². The van der Waals surface area contributed by atoms with E-state index >= 15 is 0 Å². The van der Waals surface area contributed by atoms with Crippen molar-refractivity contribution < 1.29 is 0 Å². The van der Waals surface area contributed by atoms with E-state index in [1.807, 2.05) is 9.35 Å². The van der Waals surface area contributed by atoms with Gasteiger partial charge in [-0.05, 0) is 57.3 Å². The van der Waals surface area contributed by atoms with Crippen LogP contribution in [-0.4, -0.2) is 20.8 Å². The molecule has 4 aromatic rings. The van der Waals surface area contributed by atoms with E-state index < -0.39 is 0 Å². The van der Waals surface area contributed by atoms with Gasteiger partial charge in [-0.25, -0.2) is 9.35 Å². The number of aromatic nitrogens is 2. The summed E-state index contributed by atoms with van der Waals surface area (Å²) in [5.74, 6) is 0. The van der Waals surface area contributed by atoms with Crippen LogP contribution >= 0.6 is 0 Å². The molecule has 0 amide bonds. The normalized spacial score (nSPS) is 16.0. The van der Waals surface area contributed by atoms with Crippen molar-refractivity contribution in [3.05, 3.63) is 94.6 Å². The molecule has 4 nitrogen and oxygen atoms in total. The molecule has 2 aromatic heterocycles. The van der Waals surface area contributed by atoms with Crippen LogP contribution in [0.15, 0.2) is 70.9 Å². The Morgan fingerprint density at radius 2 is 0.929 bits per heavy atom. The van der Waals surface area contributed by atoms with Gasteiger partial charge in [0.05, 0.1) is 0 Å². The SMILES string of the molecule is Cc1ccc(C)n1N=C1C(=Nn2c(C)ccc2C)c2cccc3cccc1c23. The lowest BCUT2D eigenvalue weighted by Crippen LogP contribution is -2.16. The van der Waals surface area contributed by atoms with E-state index in [-0.39, 0.29) is 0 Å². The van der Waals surface area contributed by atoms with Gasteiger partial charge in [0, 0.05) is 39.3 Å². The monoisotopic (exact) mass is 366 g/mol. The predicted molar refractivity (Wildman–Crippen MR) is 116 cm³/mol. The molecule has 138 valence electrons. The van der Waals surface area contributed by atoms with E-state index in [2.05, 4.69) is 88.4 Å². The Balaban J connectivity index is 1.85. The van der Waals surface area contributed by atoms with Gasteiger partial charge in [0.15, 0.2) is 0 Å². The fraction of sp³-hybridized carbons (Fsp3) is 0.167. The van der Waals surface area contributed by atoms with Crippen molar-refractivity contribution >= 4 is 22.2 Å². The molecule has 5 rings (SSSR count). The molecule has 0 atom stereocenters. The molecule has 0 N–H and O–H groups in total. The van der Waals surface area contributed by atoms with E-state index in [9.17, 15) is 0 Å². The quantitative estimate of drug-likeness (QED) is 0.468. The van der Waals surface area contributed by atoms with Gasteiger partial charge >= 0.3 is 0 Å². The minimum atomic E-state index is 0.918. The maximum absolute atomic E-state index is 5.07. The first-order chi connectivity index (χ1) is 13.5. The third kappa shape index (κ3) is 2.38. The van der Waals surface area contributed by atoms with Gasteiger partial charge in [-0.3, -0.25) is 0 Å². The van der Waals surface area contributed by atoms with Crippen molar-refractivity contribution in [1.82, 2.24) is 9.35 Å². The van der Waals surface area contributed by atoms with Crippen LogP contribution in [-0.2, 0) is 0 Å². The smallest absolute Gasteiger partial charge is 0.120 e. The number of nitrogens with zero attached hydrogens (tertiary/aromatic N) is 4. The first kappa shape index (κ1) is 16.8. The summed E-state index contributed by atoms with van der Waals surface area (Å²) < 4.78 is 4.01. The second-order valence-corrected chi connectivity index (χ2v) is 7.46. The van der Waals surface area contributed by atoms with Crippen LogP contribution in [0.4, 0.5) is 0 Å². The van der Waals surface area contributed by atoms with Crippen LogP contribution in [0.1, 0.15) is 33.9 Å². The minimum absolute atomic E-state index is 0.918. The number of rotatable bonds is 2. The largest absolute Gasteiger partial charge is 0.242 e. The van der Waals surface area contributed by atoms with Crippen LogP contribution in [0.25, 0.3) is 10.8 Å². The molecule has 0 saturated carbocycles. The summed E-state index contributed by atoms with van der Waals surface area (Å²) in [6.07, 6.45) is 0. The Morgan fingerprint density at radius 3 is 1.32 bits per heavy atom. The molecule has 4 heteroatoms. The molecular weight excluding hydrogens is 344 g/mol. The molecule has 0 bridgehead atoms. The standard InChI is InChI=1S/C24H22N4/c1-15-11-12-16(2)27(15)25-23-20-9-5-7-19-8-6-10-21(22(19)20)24(23)26-28-17(3)13-14-18(28)4/h5-14H,1-4H3. The molecule has 0 spiro atoms. The van der Waals surface area contributed by atoms with Crippen LogP contribution < -0.4 is 0 Å². The minimum Gasteiger partial charge on any atom is -0.242 e. The fourth-order valence-electron chi connectivity index (χ4n) is 4.03. The van der Waals surface area contributed by atoms with Crippen molar-refractivity contribution in [3.63, 3.8) is 0 Å². The van der Waals surface area contributed by atoms with Gasteiger partial charge in [0.1, 0.15) is 11.4 Å². The molecule has 0 fully saturated rings. The van der Waals surface area contributed by atoms with Gasteiger partial charge in [0.2, 0.25) is 0 Å². The topological polar surface area (TPSA) is 34.6 Å². The summed E-state index contributed by atoms with van der Waals surface area (Å²) in [6, 6.07) is 21.2. The number of hydrogen-bond acceptors (Lipinski definition) is 2. The summed E-state index contributed by atoms with van der Waals surface area (Å²) in [5.41, 5.74) is 8.57. The first-order valence-electron chi connectivity index (χ1n) is 9.55. The molecule has 0 radical (unpaired) electrons. The molecular formula is C24H22N4. The lowest BCUT2D eigenvalue weighted by atomic mass is 10.1. The Kier molecular flexibility index (Phi) is 3.63. The van der Waals surface area contributed by atoms with Gasteiger partial charge < -0.3 is 0 Å². The predicted octanol–water partition coefficient (Wildman–Crippen LogP) is 5.19. The van der Waals surface area contributed by atoms with E-state index in [0.717, 1.165) is 45.3 Å². The molecule has 28 heavy (non-hydrogen) atoms. The zero-order valence-corrected chi connectivity index (χ0v) is 16.6. The van der Waals surface area contributed by atoms with Gasteiger partial charge in [-0.2, -0.15) is 10.2 Å². The molecule has 2 aromatic carbocycles. The Hall–Kier alpha value is -3.40. The third-order valence-corrected chi connectivity index (χ3v) is 5.51. The van der Waals surface area contributed by atoms with E-state index in [1.54, 1.807) is 0 Å². The molecule has 0 unspecified atom stereocenters. The van der Waals surface area contributed by atoms with Crippen LogP contribution in [0, 0.1) is 27.7 Å². The number of aryl methyl sites for hydroxylation is 4. The molecule has 1 aliphatic carbocycles. The highest BCUT2D eigenvalue weighted by Crippen LogP contribution is 2.32. The highest BCUT2D eigenvalue weighted by molar-refractivity contribution is 6.60.